The van der Waals surface area contributed by atoms with Crippen LogP contribution in [0.5, 0.6) is 0 Å². The van der Waals surface area contributed by atoms with Gasteiger partial charge in [-0.3, -0.25) is 4.98 Å². The van der Waals surface area contributed by atoms with Crippen molar-refractivity contribution in [2.24, 2.45) is 0 Å². The fourth-order valence-electron chi connectivity index (χ4n) is 1.75. The monoisotopic (exact) mass is 335 g/mol. The zero-order valence-corrected chi connectivity index (χ0v) is 13.9. The third-order valence-corrected chi connectivity index (χ3v) is 2.97. The van der Waals surface area contributed by atoms with Gasteiger partial charge in [0.15, 0.2) is 0 Å². The van der Waals surface area contributed by atoms with Gasteiger partial charge in [0, 0.05) is 30.3 Å². The van der Waals surface area contributed by atoms with Crippen molar-refractivity contribution < 1.29 is 0 Å². The number of nitrogens with zero attached hydrogens (tertiary/aromatic N) is 1. The SMILES string of the molecule is Cc1ccc(NCc2ccncc2)c(C)c1N.Cl.Cl.Cl. The molecular weight excluding hydrogens is 317 g/mol. The quantitative estimate of drug-likeness (QED) is 0.828. The van der Waals surface area contributed by atoms with E-state index >= 15 is 0 Å². The molecule has 0 amide bonds. The Labute approximate surface area is 138 Å². The molecule has 3 N–H and O–H groups in total. The molecule has 1 heterocycles. The molecule has 2 aromatic rings. The Hall–Kier alpha value is -1.16. The molecule has 20 heavy (non-hydrogen) atoms. The Kier molecular flexibility index (Phi) is 10.3. The number of hydrogen-bond acceptors (Lipinski definition) is 3. The van der Waals surface area contributed by atoms with Crippen LogP contribution in [0.3, 0.4) is 0 Å². The summed E-state index contributed by atoms with van der Waals surface area (Å²) in [5, 5.41) is 3.39. The van der Waals surface area contributed by atoms with Crippen LogP contribution >= 0.6 is 37.2 Å². The highest BCUT2D eigenvalue weighted by molar-refractivity contribution is 5.86. The van der Waals surface area contributed by atoms with Crippen molar-refractivity contribution in [2.45, 2.75) is 20.4 Å². The van der Waals surface area contributed by atoms with Crippen LogP contribution in [0.4, 0.5) is 11.4 Å². The molecule has 0 bridgehead atoms. The van der Waals surface area contributed by atoms with Crippen LogP contribution in [0.2, 0.25) is 0 Å². The summed E-state index contributed by atoms with van der Waals surface area (Å²) in [5.41, 5.74) is 11.4. The fraction of sp³-hybridized carbons (Fsp3) is 0.214. The number of aryl methyl sites for hydroxylation is 1. The maximum Gasteiger partial charge on any atom is 0.0402 e. The summed E-state index contributed by atoms with van der Waals surface area (Å²) in [6.45, 7) is 4.85. The van der Waals surface area contributed by atoms with Gasteiger partial charge in [-0.25, -0.2) is 0 Å². The lowest BCUT2D eigenvalue weighted by molar-refractivity contribution is 1.12. The fourth-order valence-corrected chi connectivity index (χ4v) is 1.75. The summed E-state index contributed by atoms with van der Waals surface area (Å²) in [4.78, 5) is 4.00. The number of anilines is 2. The van der Waals surface area contributed by atoms with Gasteiger partial charge in [0.25, 0.3) is 0 Å². The van der Waals surface area contributed by atoms with Gasteiger partial charge in [0.2, 0.25) is 0 Å². The minimum absolute atomic E-state index is 0. The number of nitrogens with one attached hydrogen (secondary N) is 1. The molecular formula is C14H20Cl3N3. The number of rotatable bonds is 3. The largest absolute Gasteiger partial charge is 0.398 e. The van der Waals surface area contributed by atoms with Gasteiger partial charge in [0.05, 0.1) is 0 Å². The molecule has 2 rings (SSSR count). The Morgan fingerprint density at radius 2 is 1.60 bits per heavy atom. The number of benzene rings is 1. The number of nitrogens with two attached hydrogens (primary N) is 1. The highest BCUT2D eigenvalue weighted by Gasteiger charge is 2.03. The van der Waals surface area contributed by atoms with Crippen LogP contribution in [0.1, 0.15) is 16.7 Å². The molecule has 0 saturated carbocycles. The maximum atomic E-state index is 6.00. The van der Waals surface area contributed by atoms with E-state index < -0.39 is 0 Å². The molecule has 6 heteroatoms. The molecule has 3 nitrogen and oxygen atoms in total. The maximum absolute atomic E-state index is 6.00. The molecule has 0 aliphatic rings. The van der Waals surface area contributed by atoms with E-state index in [1.807, 2.05) is 32.0 Å². The van der Waals surface area contributed by atoms with Gasteiger partial charge in [-0.15, -0.1) is 37.2 Å². The molecule has 1 aromatic carbocycles. The van der Waals surface area contributed by atoms with Crippen LogP contribution in [0.25, 0.3) is 0 Å². The third-order valence-electron chi connectivity index (χ3n) is 2.97. The van der Waals surface area contributed by atoms with Gasteiger partial charge < -0.3 is 11.1 Å². The lowest BCUT2D eigenvalue weighted by Crippen LogP contribution is -2.03. The van der Waals surface area contributed by atoms with E-state index in [2.05, 4.69) is 16.4 Å². The van der Waals surface area contributed by atoms with Crippen LogP contribution in [0, 0.1) is 13.8 Å². The molecule has 0 spiro atoms. The van der Waals surface area contributed by atoms with E-state index in [4.69, 9.17) is 5.73 Å². The number of halogens is 3. The van der Waals surface area contributed by atoms with Crippen molar-refractivity contribution in [3.8, 4) is 0 Å². The van der Waals surface area contributed by atoms with E-state index in [-0.39, 0.29) is 37.2 Å². The second-order valence-electron chi connectivity index (χ2n) is 4.18. The zero-order chi connectivity index (χ0) is 12.3. The molecule has 0 fully saturated rings. The van der Waals surface area contributed by atoms with Crippen molar-refractivity contribution in [1.29, 1.82) is 0 Å². The highest BCUT2D eigenvalue weighted by atomic mass is 35.5. The van der Waals surface area contributed by atoms with Gasteiger partial charge in [-0.05, 0) is 48.7 Å². The predicted octanol–water partition coefficient (Wildman–Crippen LogP) is 4.16. The Balaban J connectivity index is 0. The average molecular weight is 337 g/mol. The minimum atomic E-state index is 0. The molecule has 0 aliphatic carbocycles. The minimum Gasteiger partial charge on any atom is -0.398 e. The molecule has 0 radical (unpaired) electrons. The molecule has 0 atom stereocenters. The summed E-state index contributed by atoms with van der Waals surface area (Å²) in [5.74, 6) is 0. The van der Waals surface area contributed by atoms with Crippen LogP contribution in [-0.4, -0.2) is 4.98 Å². The van der Waals surface area contributed by atoms with Crippen LogP contribution in [-0.2, 0) is 6.54 Å². The van der Waals surface area contributed by atoms with E-state index in [1.165, 1.54) is 5.56 Å². The number of hydrogen-bond donors (Lipinski definition) is 2. The normalized spacial score (nSPS) is 8.70. The van der Waals surface area contributed by atoms with E-state index in [1.54, 1.807) is 12.4 Å². The predicted molar refractivity (Wildman–Crippen MR) is 93.6 cm³/mol. The first-order chi connectivity index (χ1) is 8.18. The first kappa shape index (κ1) is 21.1. The Morgan fingerprint density at radius 3 is 2.20 bits per heavy atom. The lowest BCUT2D eigenvalue weighted by Gasteiger charge is -2.13. The van der Waals surface area contributed by atoms with Gasteiger partial charge in [-0.1, -0.05) is 6.07 Å². The van der Waals surface area contributed by atoms with Crippen LogP contribution < -0.4 is 11.1 Å². The summed E-state index contributed by atoms with van der Waals surface area (Å²) in [6.07, 6.45) is 3.60. The van der Waals surface area contributed by atoms with Gasteiger partial charge >= 0.3 is 0 Å². The summed E-state index contributed by atoms with van der Waals surface area (Å²) >= 11 is 0. The Bertz CT molecular complexity index is 519. The van der Waals surface area contributed by atoms with E-state index in [9.17, 15) is 0 Å². The Morgan fingerprint density at radius 1 is 1.00 bits per heavy atom. The second kappa shape index (κ2) is 9.70. The van der Waals surface area contributed by atoms with E-state index in [0.717, 1.165) is 29.0 Å². The van der Waals surface area contributed by atoms with Gasteiger partial charge in [0.1, 0.15) is 0 Å². The van der Waals surface area contributed by atoms with Gasteiger partial charge in [-0.2, -0.15) is 0 Å². The number of nitrogen functional groups attached to an aromatic ring is 1. The summed E-state index contributed by atoms with van der Waals surface area (Å²) < 4.78 is 0. The second-order valence-corrected chi connectivity index (χ2v) is 4.18. The first-order valence-electron chi connectivity index (χ1n) is 5.67. The molecule has 0 unspecified atom stereocenters. The summed E-state index contributed by atoms with van der Waals surface area (Å²) in [7, 11) is 0. The van der Waals surface area contributed by atoms with Crippen molar-refractivity contribution in [3.05, 3.63) is 53.3 Å². The first-order valence-corrected chi connectivity index (χ1v) is 5.67. The molecule has 0 aliphatic heterocycles. The summed E-state index contributed by atoms with van der Waals surface area (Å²) in [6, 6.07) is 8.11. The van der Waals surface area contributed by atoms with Crippen molar-refractivity contribution in [1.82, 2.24) is 4.98 Å². The standard InChI is InChI=1S/C14H17N3.3ClH/c1-10-3-4-13(11(2)14(10)15)17-9-12-5-7-16-8-6-12;;;/h3-8,17H,9,15H2,1-2H3;3*1H. The number of pyridine rings is 1. The third kappa shape index (κ3) is 5.08. The van der Waals surface area contributed by atoms with Crippen molar-refractivity contribution in [3.63, 3.8) is 0 Å². The topological polar surface area (TPSA) is 50.9 Å². The highest BCUT2D eigenvalue weighted by Crippen LogP contribution is 2.24. The zero-order valence-electron chi connectivity index (χ0n) is 11.4. The molecule has 0 saturated heterocycles. The lowest BCUT2D eigenvalue weighted by atomic mass is 10.1. The van der Waals surface area contributed by atoms with Crippen molar-refractivity contribution >= 4 is 48.6 Å². The smallest absolute Gasteiger partial charge is 0.0402 e. The van der Waals surface area contributed by atoms with Crippen LogP contribution in [0.15, 0.2) is 36.7 Å². The molecule has 1 aromatic heterocycles. The van der Waals surface area contributed by atoms with E-state index in [0.29, 0.717) is 0 Å². The molecule has 112 valence electrons. The number of aromatic nitrogens is 1. The average Bonchev–Trinajstić information content (AvgIpc) is 2.36. The van der Waals surface area contributed by atoms with Crippen molar-refractivity contribution in [2.75, 3.05) is 11.1 Å².